The fourth-order valence-corrected chi connectivity index (χ4v) is 4.87. The van der Waals surface area contributed by atoms with Crippen molar-refractivity contribution in [2.24, 2.45) is 7.05 Å². The van der Waals surface area contributed by atoms with Crippen molar-refractivity contribution in [2.75, 3.05) is 19.0 Å². The van der Waals surface area contributed by atoms with Crippen molar-refractivity contribution in [2.45, 2.75) is 30.2 Å². The third kappa shape index (κ3) is 4.87. The molecule has 0 saturated heterocycles. The first-order chi connectivity index (χ1) is 16.4. The Hall–Kier alpha value is -3.52. The number of carbonyl (C=O) groups excluding carboxylic acids is 1. The highest BCUT2D eigenvalue weighted by Crippen LogP contribution is 2.39. The molecule has 0 radical (unpaired) electrons. The minimum absolute atomic E-state index is 0.149. The molecule has 0 fully saturated rings. The third-order valence-electron chi connectivity index (χ3n) is 5.74. The molecule has 7 nitrogen and oxygen atoms in total. The SMILES string of the molecule is C=CCOc1ccc(C2CC(=O)Nc3c2c(=O)nc(SCc2ccc(C)cc2)n3C)cc1OC. The van der Waals surface area contributed by atoms with Crippen LogP contribution in [0.4, 0.5) is 5.82 Å². The molecule has 1 aromatic heterocycles. The van der Waals surface area contributed by atoms with Crippen LogP contribution in [-0.2, 0) is 17.6 Å². The zero-order valence-corrected chi connectivity index (χ0v) is 20.3. The van der Waals surface area contributed by atoms with Crippen LogP contribution in [0.1, 0.15) is 34.6 Å². The first-order valence-electron chi connectivity index (χ1n) is 10.9. The lowest BCUT2D eigenvalue weighted by molar-refractivity contribution is -0.116. The van der Waals surface area contributed by atoms with Crippen LogP contribution in [0.15, 0.2) is 65.1 Å². The van der Waals surface area contributed by atoms with Gasteiger partial charge < -0.3 is 19.4 Å². The van der Waals surface area contributed by atoms with Gasteiger partial charge in [0.05, 0.1) is 12.7 Å². The number of carbonyl (C=O) groups is 1. The maximum atomic E-state index is 13.2. The molecule has 3 aromatic rings. The van der Waals surface area contributed by atoms with Crippen molar-refractivity contribution >= 4 is 23.5 Å². The van der Waals surface area contributed by atoms with Gasteiger partial charge in [-0.25, -0.2) is 0 Å². The van der Waals surface area contributed by atoms with Crippen LogP contribution in [0.5, 0.6) is 11.5 Å². The Balaban J connectivity index is 1.68. The van der Waals surface area contributed by atoms with Crippen molar-refractivity contribution in [1.29, 1.82) is 0 Å². The second-order valence-electron chi connectivity index (χ2n) is 8.11. The van der Waals surface area contributed by atoms with Crippen molar-refractivity contribution in [3.05, 3.63) is 87.7 Å². The monoisotopic (exact) mass is 477 g/mol. The maximum absolute atomic E-state index is 13.2. The lowest BCUT2D eigenvalue weighted by Gasteiger charge is -2.28. The summed E-state index contributed by atoms with van der Waals surface area (Å²) in [5.74, 6) is 1.66. The number of benzene rings is 2. The zero-order chi connectivity index (χ0) is 24.2. The molecule has 8 heteroatoms. The molecule has 2 aromatic carbocycles. The molecule has 1 amide bonds. The lowest BCUT2D eigenvalue weighted by atomic mass is 9.86. The average molecular weight is 478 g/mol. The molecule has 0 saturated carbocycles. The second kappa shape index (κ2) is 10.2. The van der Waals surface area contributed by atoms with Gasteiger partial charge >= 0.3 is 0 Å². The van der Waals surface area contributed by atoms with E-state index in [0.717, 1.165) is 11.1 Å². The minimum atomic E-state index is -0.437. The van der Waals surface area contributed by atoms with Crippen LogP contribution in [0.2, 0.25) is 0 Å². The number of methoxy groups -OCH3 is 1. The molecule has 0 bridgehead atoms. The molecule has 1 N–H and O–H groups in total. The van der Waals surface area contributed by atoms with Crippen LogP contribution in [0.25, 0.3) is 0 Å². The molecule has 1 aliphatic heterocycles. The van der Waals surface area contributed by atoms with E-state index in [1.165, 1.54) is 17.3 Å². The van der Waals surface area contributed by atoms with E-state index in [1.807, 2.05) is 26.1 Å². The van der Waals surface area contributed by atoms with E-state index in [9.17, 15) is 9.59 Å². The summed E-state index contributed by atoms with van der Waals surface area (Å²) in [7, 11) is 3.37. The van der Waals surface area contributed by atoms with Crippen LogP contribution in [-0.4, -0.2) is 29.2 Å². The zero-order valence-electron chi connectivity index (χ0n) is 19.5. The summed E-state index contributed by atoms with van der Waals surface area (Å²) in [6, 6.07) is 13.7. The molecule has 0 aliphatic carbocycles. The van der Waals surface area contributed by atoms with Crippen LogP contribution >= 0.6 is 11.8 Å². The number of nitrogens with one attached hydrogen (secondary N) is 1. The first-order valence-corrected chi connectivity index (χ1v) is 11.9. The number of nitrogens with zero attached hydrogens (tertiary/aromatic N) is 2. The molecule has 176 valence electrons. The van der Waals surface area contributed by atoms with Gasteiger partial charge in [-0.05, 0) is 30.2 Å². The fraction of sp³-hybridized carbons (Fsp3) is 0.269. The van der Waals surface area contributed by atoms with Gasteiger partial charge in [0.1, 0.15) is 12.4 Å². The summed E-state index contributed by atoms with van der Waals surface area (Å²) in [6.07, 6.45) is 1.80. The summed E-state index contributed by atoms with van der Waals surface area (Å²) in [4.78, 5) is 30.2. The van der Waals surface area contributed by atoms with E-state index < -0.39 is 5.92 Å². The highest BCUT2D eigenvalue weighted by Gasteiger charge is 2.32. The third-order valence-corrected chi connectivity index (χ3v) is 6.84. The number of aryl methyl sites for hydroxylation is 1. The minimum Gasteiger partial charge on any atom is -0.493 e. The number of thioether (sulfide) groups is 1. The van der Waals surface area contributed by atoms with Gasteiger partial charge in [0.2, 0.25) is 5.91 Å². The number of anilines is 1. The summed E-state index contributed by atoms with van der Waals surface area (Å²) in [5.41, 5.74) is 3.26. The molecular formula is C26H27N3O4S. The number of hydrogen-bond acceptors (Lipinski definition) is 6. The van der Waals surface area contributed by atoms with Crippen LogP contribution < -0.4 is 20.3 Å². The molecule has 2 heterocycles. The first kappa shape index (κ1) is 23.6. The molecule has 1 unspecified atom stereocenters. The fourth-order valence-electron chi connectivity index (χ4n) is 3.95. The van der Waals surface area contributed by atoms with Gasteiger partial charge in [-0.3, -0.25) is 9.59 Å². The number of ether oxygens (including phenoxy) is 2. The van der Waals surface area contributed by atoms with Crippen LogP contribution in [0, 0.1) is 6.92 Å². The number of hydrogen-bond donors (Lipinski definition) is 1. The normalized spacial score (nSPS) is 14.8. The van der Waals surface area contributed by atoms with E-state index in [0.29, 0.717) is 40.4 Å². The molecule has 1 atom stereocenters. The second-order valence-corrected chi connectivity index (χ2v) is 9.05. The Bertz CT molecular complexity index is 1280. The van der Waals surface area contributed by atoms with Crippen molar-refractivity contribution in [1.82, 2.24) is 9.55 Å². The van der Waals surface area contributed by atoms with Crippen molar-refractivity contribution < 1.29 is 14.3 Å². The molecule has 1 aliphatic rings. The van der Waals surface area contributed by atoms with Crippen molar-refractivity contribution in [3.63, 3.8) is 0 Å². The van der Waals surface area contributed by atoms with Gasteiger partial charge in [-0.2, -0.15) is 4.98 Å². The van der Waals surface area contributed by atoms with Crippen molar-refractivity contribution in [3.8, 4) is 11.5 Å². The van der Waals surface area contributed by atoms with Gasteiger partial charge in [0.25, 0.3) is 5.56 Å². The molecule has 4 rings (SSSR count). The Morgan fingerprint density at radius 2 is 1.97 bits per heavy atom. The Labute approximate surface area is 202 Å². The number of rotatable bonds is 8. The largest absolute Gasteiger partial charge is 0.493 e. The van der Waals surface area contributed by atoms with E-state index in [2.05, 4.69) is 41.1 Å². The predicted molar refractivity (Wildman–Crippen MR) is 134 cm³/mol. The van der Waals surface area contributed by atoms with Gasteiger partial charge in [-0.1, -0.05) is 60.3 Å². The van der Waals surface area contributed by atoms with E-state index in [-0.39, 0.29) is 17.9 Å². The van der Waals surface area contributed by atoms with Crippen LogP contribution in [0.3, 0.4) is 0 Å². The number of amides is 1. The average Bonchev–Trinajstić information content (AvgIpc) is 2.84. The Morgan fingerprint density at radius 1 is 1.21 bits per heavy atom. The highest BCUT2D eigenvalue weighted by atomic mass is 32.2. The lowest BCUT2D eigenvalue weighted by Crippen LogP contribution is -2.33. The maximum Gasteiger partial charge on any atom is 0.279 e. The smallest absolute Gasteiger partial charge is 0.279 e. The molecule has 34 heavy (non-hydrogen) atoms. The molecule has 0 spiro atoms. The summed E-state index contributed by atoms with van der Waals surface area (Å²) in [5, 5.41) is 3.44. The molecular weight excluding hydrogens is 450 g/mol. The standard InChI is InChI=1S/C26H27N3O4S/c1-5-12-33-20-11-10-18(13-21(20)32-4)19-14-22(30)27-24-23(19)25(31)28-26(29(24)3)34-15-17-8-6-16(2)7-9-17/h5-11,13,19H,1,12,14-15H2,2-4H3,(H,27,30). The summed E-state index contributed by atoms with van der Waals surface area (Å²) >= 11 is 1.46. The quantitative estimate of drug-likeness (QED) is 0.294. The highest BCUT2D eigenvalue weighted by molar-refractivity contribution is 7.98. The predicted octanol–water partition coefficient (Wildman–Crippen LogP) is 4.43. The topological polar surface area (TPSA) is 82.5 Å². The Kier molecular flexibility index (Phi) is 7.07. The number of fused-ring (bicyclic) bond motifs is 1. The Morgan fingerprint density at radius 3 is 2.68 bits per heavy atom. The van der Waals surface area contributed by atoms with Gasteiger partial charge in [0.15, 0.2) is 16.7 Å². The summed E-state index contributed by atoms with van der Waals surface area (Å²) < 4.78 is 12.9. The van der Waals surface area contributed by atoms with E-state index in [4.69, 9.17) is 9.47 Å². The summed E-state index contributed by atoms with van der Waals surface area (Å²) in [6.45, 7) is 6.05. The van der Waals surface area contributed by atoms with E-state index >= 15 is 0 Å². The van der Waals surface area contributed by atoms with Gasteiger partial charge in [0, 0.05) is 25.1 Å². The van der Waals surface area contributed by atoms with Gasteiger partial charge in [-0.15, -0.1) is 0 Å². The number of aromatic nitrogens is 2. The van der Waals surface area contributed by atoms with E-state index in [1.54, 1.807) is 23.8 Å².